The summed E-state index contributed by atoms with van der Waals surface area (Å²) in [5, 5.41) is -1.30. The van der Waals surface area contributed by atoms with E-state index in [2.05, 4.69) is 0 Å². The standard InChI is InChI=1S/C10H8Cl2F3NO3S/c1-20(18,19)16(5-9(12)17)8-4-6(10(13,14)15)2-3-7(8)11/h2-4H,5H2,1H3. The number of carbonyl (C=O) groups is 1. The molecule has 0 aliphatic heterocycles. The van der Waals surface area contributed by atoms with Crippen LogP contribution in [-0.4, -0.2) is 26.5 Å². The lowest BCUT2D eigenvalue weighted by Gasteiger charge is -2.22. The van der Waals surface area contributed by atoms with Gasteiger partial charge in [-0.2, -0.15) is 13.2 Å². The minimum absolute atomic E-state index is 0.249. The Morgan fingerprint density at radius 1 is 1.35 bits per heavy atom. The van der Waals surface area contributed by atoms with Crippen LogP contribution in [0.1, 0.15) is 5.56 Å². The van der Waals surface area contributed by atoms with E-state index in [1.54, 1.807) is 0 Å². The first-order chi connectivity index (χ1) is 8.93. The van der Waals surface area contributed by atoms with E-state index in [9.17, 15) is 26.4 Å². The van der Waals surface area contributed by atoms with E-state index in [1.807, 2.05) is 0 Å². The molecule has 112 valence electrons. The predicted molar refractivity (Wildman–Crippen MR) is 69.5 cm³/mol. The Bertz CT molecular complexity index is 631. The van der Waals surface area contributed by atoms with Gasteiger partial charge in [0.1, 0.15) is 6.54 Å². The first-order valence-corrected chi connectivity index (χ1v) is 7.56. The van der Waals surface area contributed by atoms with Gasteiger partial charge in [-0.15, -0.1) is 0 Å². The number of carbonyl (C=O) groups excluding carboxylic acids is 1. The maximum atomic E-state index is 12.6. The molecule has 0 spiro atoms. The normalized spacial score (nSPS) is 12.3. The predicted octanol–water partition coefficient (Wildman–Crippen LogP) is 2.89. The molecule has 0 saturated carbocycles. The van der Waals surface area contributed by atoms with Crippen LogP contribution in [0.3, 0.4) is 0 Å². The maximum Gasteiger partial charge on any atom is 0.416 e. The van der Waals surface area contributed by atoms with Crippen LogP contribution < -0.4 is 4.31 Å². The number of sulfonamides is 1. The highest BCUT2D eigenvalue weighted by Gasteiger charge is 2.32. The van der Waals surface area contributed by atoms with Crippen LogP contribution in [0.25, 0.3) is 0 Å². The van der Waals surface area contributed by atoms with E-state index in [1.165, 1.54) is 0 Å². The molecule has 20 heavy (non-hydrogen) atoms. The van der Waals surface area contributed by atoms with Gasteiger partial charge in [-0.3, -0.25) is 9.10 Å². The molecule has 1 aromatic rings. The molecule has 0 fully saturated rings. The summed E-state index contributed by atoms with van der Waals surface area (Å²) in [6.45, 7) is -0.818. The maximum absolute atomic E-state index is 12.6. The van der Waals surface area contributed by atoms with Crippen molar-refractivity contribution in [2.75, 3.05) is 17.1 Å². The molecular formula is C10H8Cl2F3NO3S. The third-order valence-corrected chi connectivity index (χ3v) is 3.78. The first kappa shape index (κ1) is 17.1. The molecule has 0 aromatic heterocycles. The van der Waals surface area contributed by atoms with Crippen LogP contribution in [0, 0.1) is 0 Å². The van der Waals surface area contributed by atoms with E-state index in [0.717, 1.165) is 12.3 Å². The van der Waals surface area contributed by atoms with Crippen molar-refractivity contribution >= 4 is 44.2 Å². The van der Waals surface area contributed by atoms with Crippen LogP contribution in [-0.2, 0) is 21.0 Å². The van der Waals surface area contributed by atoms with E-state index >= 15 is 0 Å². The van der Waals surface area contributed by atoms with Crippen molar-refractivity contribution < 1.29 is 26.4 Å². The highest BCUT2D eigenvalue weighted by atomic mass is 35.5. The molecule has 0 N–H and O–H groups in total. The topological polar surface area (TPSA) is 54.5 Å². The van der Waals surface area contributed by atoms with Gasteiger partial charge >= 0.3 is 6.18 Å². The molecule has 0 amide bonds. The number of hydrogen-bond donors (Lipinski definition) is 0. The average molecular weight is 350 g/mol. The zero-order valence-electron chi connectivity index (χ0n) is 9.91. The van der Waals surface area contributed by atoms with Crippen molar-refractivity contribution in [3.8, 4) is 0 Å². The molecule has 0 heterocycles. The molecular weight excluding hydrogens is 342 g/mol. The minimum atomic E-state index is -4.67. The van der Waals surface area contributed by atoms with E-state index in [-0.39, 0.29) is 5.02 Å². The monoisotopic (exact) mass is 349 g/mol. The molecule has 4 nitrogen and oxygen atoms in total. The molecule has 0 radical (unpaired) electrons. The molecule has 0 aliphatic rings. The Hall–Kier alpha value is -0.990. The van der Waals surface area contributed by atoms with Crippen molar-refractivity contribution in [1.82, 2.24) is 0 Å². The molecule has 1 rings (SSSR count). The lowest BCUT2D eigenvalue weighted by atomic mass is 10.2. The van der Waals surface area contributed by atoms with Gasteiger partial charge in [-0.25, -0.2) is 8.42 Å². The summed E-state index contributed by atoms with van der Waals surface area (Å²) in [6.07, 6.45) is -3.95. The summed E-state index contributed by atoms with van der Waals surface area (Å²) < 4.78 is 61.4. The van der Waals surface area contributed by atoms with Crippen LogP contribution in [0.2, 0.25) is 5.02 Å². The van der Waals surface area contributed by atoms with Gasteiger partial charge < -0.3 is 0 Å². The lowest BCUT2D eigenvalue weighted by Crippen LogP contribution is -2.34. The second kappa shape index (κ2) is 5.79. The van der Waals surface area contributed by atoms with Gasteiger partial charge in [0.2, 0.25) is 15.3 Å². The molecule has 0 saturated heterocycles. The van der Waals surface area contributed by atoms with Gasteiger partial charge in [-0.1, -0.05) is 11.6 Å². The number of alkyl halides is 3. The number of hydrogen-bond acceptors (Lipinski definition) is 3. The Kier molecular flexibility index (Phi) is 4.94. The zero-order valence-corrected chi connectivity index (χ0v) is 12.2. The third-order valence-electron chi connectivity index (χ3n) is 2.21. The zero-order chi connectivity index (χ0) is 15.7. The summed E-state index contributed by atoms with van der Waals surface area (Å²) >= 11 is 10.8. The van der Waals surface area contributed by atoms with Crippen LogP contribution in [0.15, 0.2) is 18.2 Å². The quantitative estimate of drug-likeness (QED) is 0.785. The summed E-state index contributed by atoms with van der Waals surface area (Å²) in [4.78, 5) is 10.9. The van der Waals surface area contributed by atoms with Gasteiger partial charge in [0, 0.05) is 0 Å². The van der Waals surface area contributed by atoms with Crippen molar-refractivity contribution in [2.45, 2.75) is 6.18 Å². The first-order valence-electron chi connectivity index (χ1n) is 4.95. The minimum Gasteiger partial charge on any atom is -0.279 e. The number of nitrogens with zero attached hydrogens (tertiary/aromatic N) is 1. The summed E-state index contributed by atoms with van der Waals surface area (Å²) in [5.74, 6) is 0. The van der Waals surface area contributed by atoms with Gasteiger partial charge in [0.25, 0.3) is 0 Å². The van der Waals surface area contributed by atoms with Crippen molar-refractivity contribution in [3.05, 3.63) is 28.8 Å². The summed E-state index contributed by atoms with van der Waals surface area (Å²) in [6, 6.07) is 2.15. The SMILES string of the molecule is CS(=O)(=O)N(CC(=O)Cl)c1cc(C(F)(F)F)ccc1Cl. The summed E-state index contributed by atoms with van der Waals surface area (Å²) in [5.41, 5.74) is -1.55. The smallest absolute Gasteiger partial charge is 0.279 e. The molecule has 1 aromatic carbocycles. The van der Waals surface area contributed by atoms with Crippen molar-refractivity contribution in [3.63, 3.8) is 0 Å². The molecule has 10 heteroatoms. The largest absolute Gasteiger partial charge is 0.416 e. The van der Waals surface area contributed by atoms with E-state index in [4.69, 9.17) is 23.2 Å². The van der Waals surface area contributed by atoms with E-state index in [0.29, 0.717) is 16.4 Å². The highest BCUT2D eigenvalue weighted by Crippen LogP contribution is 2.36. The number of rotatable bonds is 4. The van der Waals surface area contributed by atoms with Crippen molar-refractivity contribution in [2.24, 2.45) is 0 Å². The molecule has 0 aliphatic carbocycles. The molecule has 0 bridgehead atoms. The highest BCUT2D eigenvalue weighted by molar-refractivity contribution is 7.92. The average Bonchev–Trinajstić information content (AvgIpc) is 2.23. The third kappa shape index (κ3) is 4.26. The molecule has 0 unspecified atom stereocenters. The Labute approximate surface area is 123 Å². The van der Waals surface area contributed by atoms with Crippen LogP contribution >= 0.6 is 23.2 Å². The number of benzene rings is 1. The van der Waals surface area contributed by atoms with Gasteiger partial charge in [0.05, 0.1) is 22.5 Å². The second-order valence-electron chi connectivity index (χ2n) is 3.79. The van der Waals surface area contributed by atoms with Crippen molar-refractivity contribution in [1.29, 1.82) is 0 Å². The van der Waals surface area contributed by atoms with Crippen LogP contribution in [0.4, 0.5) is 18.9 Å². The fourth-order valence-electron chi connectivity index (χ4n) is 1.37. The Balaban J connectivity index is 3.44. The second-order valence-corrected chi connectivity index (χ2v) is 6.52. The Morgan fingerprint density at radius 2 is 1.90 bits per heavy atom. The fraction of sp³-hybridized carbons (Fsp3) is 0.300. The number of anilines is 1. The summed E-state index contributed by atoms with van der Waals surface area (Å²) in [7, 11) is -4.02. The van der Waals surface area contributed by atoms with E-state index < -0.39 is 39.2 Å². The van der Waals surface area contributed by atoms with Crippen LogP contribution in [0.5, 0.6) is 0 Å². The lowest BCUT2D eigenvalue weighted by molar-refractivity contribution is -0.137. The fourth-order valence-corrected chi connectivity index (χ4v) is 2.69. The molecule has 0 atom stereocenters. The van der Waals surface area contributed by atoms with Gasteiger partial charge in [-0.05, 0) is 29.8 Å². The van der Waals surface area contributed by atoms with Gasteiger partial charge in [0.15, 0.2) is 0 Å². The number of halogens is 5. The Morgan fingerprint density at radius 3 is 2.30 bits per heavy atom.